The largest absolute Gasteiger partial charge is 0.497 e. The summed E-state index contributed by atoms with van der Waals surface area (Å²) in [6, 6.07) is 28.2. The van der Waals surface area contributed by atoms with E-state index in [4.69, 9.17) is 4.74 Å². The zero-order valence-corrected chi connectivity index (χ0v) is 17.8. The Balaban J connectivity index is 1.45. The molecule has 0 aromatic heterocycles. The minimum absolute atomic E-state index is 0.0786. The highest BCUT2D eigenvalue weighted by molar-refractivity contribution is 5.95. The maximum atomic E-state index is 12.7. The van der Waals surface area contributed by atoms with Crippen LogP contribution < -0.4 is 15.4 Å². The molecule has 1 amide bonds. The van der Waals surface area contributed by atoms with Crippen LogP contribution in [0.25, 0.3) is 21.9 Å². The Morgan fingerprint density at radius 2 is 1.55 bits per heavy atom. The van der Waals surface area contributed by atoms with Gasteiger partial charge in [-0.15, -0.1) is 0 Å². The first-order valence-electron chi connectivity index (χ1n) is 10.4. The molecule has 4 rings (SSSR count). The van der Waals surface area contributed by atoms with E-state index >= 15 is 0 Å². The molecule has 0 saturated heterocycles. The molecule has 4 aromatic rings. The Labute approximate surface area is 182 Å². The average Bonchev–Trinajstić information content (AvgIpc) is 2.82. The van der Waals surface area contributed by atoms with Gasteiger partial charge in [-0.1, -0.05) is 54.6 Å². The molecular formula is C27H26N2O2. The Bertz CT molecular complexity index is 1180. The molecular weight excluding hydrogens is 384 g/mol. The second kappa shape index (κ2) is 9.45. The van der Waals surface area contributed by atoms with Gasteiger partial charge in [0.05, 0.1) is 7.11 Å². The highest BCUT2D eigenvalue weighted by atomic mass is 16.5. The predicted octanol–water partition coefficient (Wildman–Crippen LogP) is 5.16. The molecule has 4 aromatic carbocycles. The number of hydrogen-bond acceptors (Lipinski definition) is 3. The minimum Gasteiger partial charge on any atom is -0.497 e. The van der Waals surface area contributed by atoms with Crippen molar-refractivity contribution in [2.45, 2.75) is 13.1 Å². The maximum Gasteiger partial charge on any atom is 0.251 e. The molecule has 0 atom stereocenters. The number of methoxy groups -OCH3 is 1. The van der Waals surface area contributed by atoms with E-state index in [1.54, 1.807) is 7.11 Å². The minimum atomic E-state index is -0.0786. The summed E-state index contributed by atoms with van der Waals surface area (Å²) >= 11 is 0. The summed E-state index contributed by atoms with van der Waals surface area (Å²) in [5.41, 5.74) is 5.14. The molecule has 0 heterocycles. The third-order valence-corrected chi connectivity index (χ3v) is 5.43. The van der Waals surface area contributed by atoms with Gasteiger partial charge in [0.25, 0.3) is 5.91 Å². The van der Waals surface area contributed by atoms with Gasteiger partial charge in [0, 0.05) is 18.7 Å². The van der Waals surface area contributed by atoms with E-state index in [0.717, 1.165) is 34.4 Å². The van der Waals surface area contributed by atoms with Crippen molar-refractivity contribution in [3.8, 4) is 16.9 Å². The van der Waals surface area contributed by atoms with Crippen LogP contribution in [0.2, 0.25) is 0 Å². The first kappa shape index (κ1) is 20.6. The van der Waals surface area contributed by atoms with Gasteiger partial charge in [-0.05, 0) is 70.4 Å². The topological polar surface area (TPSA) is 50.4 Å². The van der Waals surface area contributed by atoms with Crippen LogP contribution >= 0.6 is 0 Å². The number of fused-ring (bicyclic) bond motifs is 1. The summed E-state index contributed by atoms with van der Waals surface area (Å²) in [5.74, 6) is 0.747. The predicted molar refractivity (Wildman–Crippen MR) is 126 cm³/mol. The number of benzene rings is 4. The van der Waals surface area contributed by atoms with Gasteiger partial charge < -0.3 is 15.4 Å². The zero-order chi connectivity index (χ0) is 21.6. The summed E-state index contributed by atoms with van der Waals surface area (Å²) in [6.07, 6.45) is 0. The second-order valence-corrected chi connectivity index (χ2v) is 7.49. The van der Waals surface area contributed by atoms with E-state index in [2.05, 4.69) is 41.0 Å². The van der Waals surface area contributed by atoms with Gasteiger partial charge in [-0.25, -0.2) is 0 Å². The third kappa shape index (κ3) is 4.76. The summed E-state index contributed by atoms with van der Waals surface area (Å²) < 4.78 is 5.21. The van der Waals surface area contributed by atoms with Crippen molar-refractivity contribution >= 4 is 16.7 Å². The lowest BCUT2D eigenvalue weighted by atomic mass is 10.0. The molecule has 156 valence electrons. The van der Waals surface area contributed by atoms with E-state index < -0.39 is 0 Å². The van der Waals surface area contributed by atoms with E-state index in [-0.39, 0.29) is 5.91 Å². The Hall–Kier alpha value is -3.63. The lowest BCUT2D eigenvalue weighted by Gasteiger charge is -2.10. The Morgan fingerprint density at radius 3 is 2.23 bits per heavy atom. The van der Waals surface area contributed by atoms with Crippen LogP contribution in [0.5, 0.6) is 5.75 Å². The van der Waals surface area contributed by atoms with Crippen LogP contribution in [0.3, 0.4) is 0 Å². The maximum absolute atomic E-state index is 12.7. The molecule has 0 spiro atoms. The van der Waals surface area contributed by atoms with E-state index in [1.165, 1.54) is 10.9 Å². The Kier molecular flexibility index (Phi) is 6.29. The second-order valence-electron chi connectivity index (χ2n) is 7.49. The molecule has 0 radical (unpaired) electrons. The van der Waals surface area contributed by atoms with Crippen molar-refractivity contribution in [2.24, 2.45) is 0 Å². The van der Waals surface area contributed by atoms with E-state index in [0.29, 0.717) is 12.1 Å². The monoisotopic (exact) mass is 410 g/mol. The van der Waals surface area contributed by atoms with Crippen LogP contribution in [0, 0.1) is 0 Å². The van der Waals surface area contributed by atoms with Crippen molar-refractivity contribution in [1.82, 2.24) is 10.6 Å². The molecule has 31 heavy (non-hydrogen) atoms. The van der Waals surface area contributed by atoms with Crippen molar-refractivity contribution in [2.75, 3.05) is 14.2 Å². The zero-order valence-electron chi connectivity index (χ0n) is 17.8. The number of ether oxygens (including phenoxy) is 1. The van der Waals surface area contributed by atoms with Gasteiger partial charge >= 0.3 is 0 Å². The smallest absolute Gasteiger partial charge is 0.251 e. The molecule has 0 aliphatic rings. The highest BCUT2D eigenvalue weighted by Crippen LogP contribution is 2.23. The normalized spacial score (nSPS) is 10.8. The van der Waals surface area contributed by atoms with Crippen LogP contribution in [-0.4, -0.2) is 20.1 Å². The number of carbonyl (C=O) groups is 1. The molecule has 0 saturated carbocycles. The molecule has 0 aliphatic carbocycles. The summed E-state index contributed by atoms with van der Waals surface area (Å²) in [4.78, 5) is 12.7. The number of nitrogens with one attached hydrogen (secondary N) is 2. The fraction of sp³-hybridized carbons (Fsp3) is 0.148. The van der Waals surface area contributed by atoms with E-state index in [9.17, 15) is 4.79 Å². The van der Waals surface area contributed by atoms with Gasteiger partial charge in [0.1, 0.15) is 5.75 Å². The van der Waals surface area contributed by atoms with Gasteiger partial charge in [0.15, 0.2) is 0 Å². The lowest BCUT2D eigenvalue weighted by Crippen LogP contribution is -2.22. The van der Waals surface area contributed by atoms with Gasteiger partial charge in [0.2, 0.25) is 0 Å². The molecule has 0 fully saturated rings. The molecule has 4 nitrogen and oxygen atoms in total. The van der Waals surface area contributed by atoms with Crippen molar-refractivity contribution < 1.29 is 9.53 Å². The van der Waals surface area contributed by atoms with Crippen molar-refractivity contribution in [3.63, 3.8) is 0 Å². The fourth-order valence-electron chi connectivity index (χ4n) is 3.74. The van der Waals surface area contributed by atoms with Crippen LogP contribution in [0.15, 0.2) is 84.9 Å². The first-order valence-corrected chi connectivity index (χ1v) is 10.4. The Morgan fingerprint density at radius 1 is 0.839 bits per heavy atom. The first-order chi connectivity index (χ1) is 15.2. The van der Waals surface area contributed by atoms with Crippen LogP contribution in [0.1, 0.15) is 21.5 Å². The third-order valence-electron chi connectivity index (χ3n) is 5.43. The van der Waals surface area contributed by atoms with Crippen LogP contribution in [0.4, 0.5) is 0 Å². The highest BCUT2D eigenvalue weighted by Gasteiger charge is 2.08. The summed E-state index contributed by atoms with van der Waals surface area (Å²) in [7, 11) is 3.60. The number of carbonyl (C=O) groups excluding carboxylic acids is 1. The molecule has 4 heteroatoms. The molecule has 2 N–H and O–H groups in total. The SMILES string of the molecule is CNCc1ccc2c(CNC(=O)c3ccc(-c4ccc(OC)cc4)cc3)cccc2c1. The molecule has 0 unspecified atom stereocenters. The fourth-order valence-corrected chi connectivity index (χ4v) is 3.74. The van der Waals surface area contributed by atoms with Gasteiger partial charge in [-0.3, -0.25) is 4.79 Å². The van der Waals surface area contributed by atoms with Crippen LogP contribution in [-0.2, 0) is 13.1 Å². The standard InChI is InChI=1S/C27H26N2O2/c1-28-17-19-6-15-26-23(16-19)4-3-5-24(26)18-29-27(30)22-9-7-20(8-10-22)21-11-13-25(31-2)14-12-21/h3-16,28H,17-18H2,1-2H3,(H,29,30). The summed E-state index contributed by atoms with van der Waals surface area (Å²) in [6.45, 7) is 1.32. The number of rotatable bonds is 7. The number of hydrogen-bond donors (Lipinski definition) is 2. The van der Waals surface area contributed by atoms with Crippen molar-refractivity contribution in [1.29, 1.82) is 0 Å². The van der Waals surface area contributed by atoms with E-state index in [1.807, 2.05) is 61.6 Å². The number of amides is 1. The lowest BCUT2D eigenvalue weighted by molar-refractivity contribution is 0.0951. The summed E-state index contributed by atoms with van der Waals surface area (Å²) in [5, 5.41) is 8.58. The van der Waals surface area contributed by atoms with Gasteiger partial charge in [-0.2, -0.15) is 0 Å². The quantitative estimate of drug-likeness (QED) is 0.442. The van der Waals surface area contributed by atoms with Crippen molar-refractivity contribution in [3.05, 3.63) is 102 Å². The molecule has 0 aliphatic heterocycles. The molecule has 0 bridgehead atoms. The average molecular weight is 411 g/mol.